The van der Waals surface area contributed by atoms with Crippen LogP contribution in [-0.2, 0) is 4.79 Å². The Kier molecular flexibility index (Phi) is 11.5. The number of hydrogen-bond donors (Lipinski definition) is 1. The molecule has 4 nitrogen and oxygen atoms in total. The van der Waals surface area contributed by atoms with Crippen LogP contribution in [-0.4, -0.2) is 54.0 Å². The topological polar surface area (TPSA) is 35.6 Å². The largest absolute Gasteiger partial charge is 0.337 e. The minimum absolute atomic E-state index is 0. The van der Waals surface area contributed by atoms with Gasteiger partial charge in [0, 0.05) is 41.6 Å². The summed E-state index contributed by atoms with van der Waals surface area (Å²) in [5.74, 6) is 0.825. The number of benzene rings is 2. The molecule has 2 aromatic rings. The molecule has 34 heavy (non-hydrogen) atoms. The molecule has 1 amide bonds. The van der Waals surface area contributed by atoms with Crippen LogP contribution in [0.15, 0.2) is 48.5 Å². The first-order valence-corrected chi connectivity index (χ1v) is 12.4. The number of rotatable bonds is 5. The lowest BCUT2D eigenvalue weighted by Crippen LogP contribution is -2.59. The second-order valence-electron chi connectivity index (χ2n) is 9.34. The van der Waals surface area contributed by atoms with Crippen molar-refractivity contribution < 1.29 is 4.79 Å². The summed E-state index contributed by atoms with van der Waals surface area (Å²) in [5.41, 5.74) is 2.40. The van der Waals surface area contributed by atoms with E-state index in [2.05, 4.69) is 53.2 Å². The molecule has 0 aliphatic carbocycles. The minimum Gasteiger partial charge on any atom is -0.337 e. The first-order valence-electron chi connectivity index (χ1n) is 11.7. The van der Waals surface area contributed by atoms with Gasteiger partial charge in [-0.15, -0.1) is 24.8 Å². The summed E-state index contributed by atoms with van der Waals surface area (Å²) in [6.07, 6.45) is 2.88. The fourth-order valence-electron chi connectivity index (χ4n) is 5.18. The molecule has 0 unspecified atom stereocenters. The van der Waals surface area contributed by atoms with Crippen LogP contribution >= 0.6 is 48.0 Å². The Bertz CT molecular complexity index is 858. The van der Waals surface area contributed by atoms with Crippen molar-refractivity contribution in [1.29, 1.82) is 0 Å². The molecule has 2 fully saturated rings. The van der Waals surface area contributed by atoms with Gasteiger partial charge in [-0.1, -0.05) is 47.5 Å². The van der Waals surface area contributed by atoms with Crippen molar-refractivity contribution in [3.8, 4) is 0 Å². The van der Waals surface area contributed by atoms with Crippen molar-refractivity contribution in [2.45, 2.75) is 51.2 Å². The summed E-state index contributed by atoms with van der Waals surface area (Å²) in [6.45, 7) is 8.05. The smallest absolute Gasteiger partial charge is 0.223 e. The van der Waals surface area contributed by atoms with Gasteiger partial charge in [0.05, 0.1) is 6.04 Å². The lowest BCUT2D eigenvalue weighted by molar-refractivity contribution is -0.139. The number of carbonyl (C=O) groups is 1. The predicted octanol–water partition coefficient (Wildman–Crippen LogP) is 6.24. The molecule has 2 aromatic carbocycles. The molecular weight excluding hydrogens is 512 g/mol. The number of halogens is 4. The molecule has 0 aromatic heterocycles. The number of piperidine rings is 1. The number of amides is 1. The van der Waals surface area contributed by atoms with Crippen molar-refractivity contribution in [3.05, 3.63) is 69.7 Å². The highest BCUT2D eigenvalue weighted by molar-refractivity contribution is 6.30. The zero-order valence-corrected chi connectivity index (χ0v) is 22.9. The van der Waals surface area contributed by atoms with Crippen LogP contribution in [0.1, 0.15) is 50.3 Å². The second-order valence-corrected chi connectivity index (χ2v) is 10.2. The fraction of sp³-hybridized carbons (Fsp3) is 0.500. The van der Waals surface area contributed by atoms with Crippen molar-refractivity contribution in [1.82, 2.24) is 15.1 Å². The molecule has 2 saturated heterocycles. The van der Waals surface area contributed by atoms with Gasteiger partial charge in [-0.3, -0.25) is 9.69 Å². The Morgan fingerprint density at radius 3 is 1.88 bits per heavy atom. The molecule has 0 spiro atoms. The van der Waals surface area contributed by atoms with Crippen LogP contribution in [0, 0.1) is 5.92 Å². The fourth-order valence-corrected chi connectivity index (χ4v) is 5.43. The lowest BCUT2D eigenvalue weighted by Gasteiger charge is -2.48. The first-order chi connectivity index (χ1) is 15.4. The zero-order chi connectivity index (χ0) is 22.7. The minimum atomic E-state index is 0. The van der Waals surface area contributed by atoms with E-state index in [9.17, 15) is 4.79 Å². The highest BCUT2D eigenvalue weighted by atomic mass is 35.5. The van der Waals surface area contributed by atoms with Gasteiger partial charge in [0.15, 0.2) is 0 Å². The van der Waals surface area contributed by atoms with E-state index < -0.39 is 0 Å². The molecule has 0 radical (unpaired) electrons. The monoisotopic (exact) mass is 545 g/mol. The molecular formula is C26H35Cl4N3O. The van der Waals surface area contributed by atoms with Gasteiger partial charge in [0.25, 0.3) is 0 Å². The van der Waals surface area contributed by atoms with Crippen LogP contribution in [0.3, 0.4) is 0 Å². The molecule has 2 aliphatic rings. The van der Waals surface area contributed by atoms with Crippen LogP contribution < -0.4 is 5.32 Å². The van der Waals surface area contributed by atoms with Crippen molar-refractivity contribution in [3.63, 3.8) is 0 Å². The van der Waals surface area contributed by atoms with Gasteiger partial charge in [-0.05, 0) is 81.1 Å². The Morgan fingerprint density at radius 2 is 1.38 bits per heavy atom. The normalized spacial score (nSPS) is 21.6. The maximum atomic E-state index is 13.2. The van der Waals surface area contributed by atoms with Crippen molar-refractivity contribution in [2.75, 3.05) is 26.2 Å². The molecule has 188 valence electrons. The van der Waals surface area contributed by atoms with Gasteiger partial charge >= 0.3 is 0 Å². The SMILES string of the molecule is C[C@@H]1CN(C(=O)CC2CCNCC2)[C@@H](C)CN1C(c1ccc(Cl)cc1)c1ccc(Cl)cc1.Cl.Cl. The third kappa shape index (κ3) is 7.02. The molecule has 0 bridgehead atoms. The summed E-state index contributed by atoms with van der Waals surface area (Å²) >= 11 is 12.4. The quantitative estimate of drug-likeness (QED) is 0.482. The van der Waals surface area contributed by atoms with Gasteiger partial charge in [-0.2, -0.15) is 0 Å². The number of nitrogens with one attached hydrogen (secondary N) is 1. The number of carbonyl (C=O) groups excluding carboxylic acids is 1. The molecule has 4 rings (SSSR count). The molecule has 0 saturated carbocycles. The van der Waals surface area contributed by atoms with E-state index in [1.807, 2.05) is 24.3 Å². The summed E-state index contributed by atoms with van der Waals surface area (Å²) in [6, 6.07) is 16.7. The molecule has 2 atom stereocenters. The van der Waals surface area contributed by atoms with E-state index in [1.165, 1.54) is 11.1 Å². The maximum Gasteiger partial charge on any atom is 0.223 e. The van der Waals surface area contributed by atoms with E-state index >= 15 is 0 Å². The summed E-state index contributed by atoms with van der Waals surface area (Å²) in [4.78, 5) is 17.8. The van der Waals surface area contributed by atoms with Gasteiger partial charge < -0.3 is 10.2 Å². The Balaban J connectivity index is 0.00000204. The third-order valence-corrected chi connectivity index (χ3v) is 7.48. The predicted molar refractivity (Wildman–Crippen MR) is 147 cm³/mol. The van der Waals surface area contributed by atoms with E-state index in [1.54, 1.807) is 0 Å². The number of nitrogens with zero attached hydrogens (tertiary/aromatic N) is 2. The zero-order valence-electron chi connectivity index (χ0n) is 19.8. The second kappa shape index (κ2) is 13.3. The van der Waals surface area contributed by atoms with Gasteiger partial charge in [0.2, 0.25) is 5.91 Å². The summed E-state index contributed by atoms with van der Waals surface area (Å²) in [5, 5.41) is 4.86. The van der Waals surface area contributed by atoms with E-state index in [0.29, 0.717) is 18.2 Å². The average Bonchev–Trinajstić information content (AvgIpc) is 2.79. The molecule has 8 heteroatoms. The Morgan fingerprint density at radius 1 is 0.882 bits per heavy atom. The summed E-state index contributed by atoms with van der Waals surface area (Å²) in [7, 11) is 0. The molecule has 1 N–H and O–H groups in total. The van der Waals surface area contributed by atoms with Crippen LogP contribution in [0.5, 0.6) is 0 Å². The summed E-state index contributed by atoms with van der Waals surface area (Å²) < 4.78 is 0. The van der Waals surface area contributed by atoms with Crippen LogP contribution in [0.2, 0.25) is 10.0 Å². The molecule has 2 aliphatic heterocycles. The Hall–Kier alpha value is -1.01. The highest BCUT2D eigenvalue weighted by Gasteiger charge is 2.37. The molecule has 2 heterocycles. The number of piperazine rings is 1. The maximum absolute atomic E-state index is 13.2. The average molecular weight is 547 g/mol. The van der Waals surface area contributed by atoms with Crippen LogP contribution in [0.4, 0.5) is 0 Å². The standard InChI is InChI=1S/C26H33Cl2N3O.2ClH/c1-18-17-31(19(2)16-30(18)25(32)15-20-11-13-29-14-12-20)26(21-3-7-23(27)8-4-21)22-5-9-24(28)10-6-22;;/h3-10,18-20,26,29H,11-17H2,1-2H3;2*1H/t18-,19+;;/m0../s1. The van der Waals surface area contributed by atoms with E-state index in [-0.39, 0.29) is 42.9 Å². The van der Waals surface area contributed by atoms with E-state index in [4.69, 9.17) is 23.2 Å². The van der Waals surface area contributed by atoms with Gasteiger partial charge in [0.1, 0.15) is 0 Å². The third-order valence-electron chi connectivity index (χ3n) is 6.98. The van der Waals surface area contributed by atoms with Crippen molar-refractivity contribution >= 4 is 53.9 Å². The Labute approximate surface area is 226 Å². The highest BCUT2D eigenvalue weighted by Crippen LogP contribution is 2.34. The first kappa shape index (κ1) is 29.2. The van der Waals surface area contributed by atoms with Crippen molar-refractivity contribution in [2.24, 2.45) is 5.92 Å². The van der Waals surface area contributed by atoms with Crippen LogP contribution in [0.25, 0.3) is 0 Å². The number of hydrogen-bond acceptors (Lipinski definition) is 3. The lowest BCUT2D eigenvalue weighted by atomic mass is 9.92. The van der Waals surface area contributed by atoms with E-state index in [0.717, 1.165) is 49.1 Å². The van der Waals surface area contributed by atoms with Gasteiger partial charge in [-0.25, -0.2) is 0 Å².